The van der Waals surface area contributed by atoms with E-state index < -0.39 is 0 Å². The van der Waals surface area contributed by atoms with Crippen LogP contribution in [0.1, 0.15) is 10.4 Å². The Balaban J connectivity index is 2.87. The first kappa shape index (κ1) is 9.40. The van der Waals surface area contributed by atoms with Crippen LogP contribution in [0.3, 0.4) is 0 Å². The van der Waals surface area contributed by atoms with Crippen LogP contribution in [-0.2, 0) is 4.84 Å². The van der Waals surface area contributed by atoms with Gasteiger partial charge in [-0.25, -0.2) is 5.48 Å². The van der Waals surface area contributed by atoms with Crippen LogP contribution in [0.5, 0.6) is 0 Å². The fraction of sp³-hybridized carbons (Fsp3) is 0.143. The number of rotatable bonds is 2. The van der Waals surface area contributed by atoms with Crippen molar-refractivity contribution in [3.63, 3.8) is 0 Å². The van der Waals surface area contributed by atoms with Crippen molar-refractivity contribution >= 4 is 28.5 Å². The third kappa shape index (κ3) is 2.15. The first-order valence-electron chi connectivity index (χ1n) is 3.18. The topological polar surface area (TPSA) is 51.2 Å². The standard InChI is InChI=1S/C7H7IN2O2/c1-12-10-7(11)5-2-3-9-4-6(5)8/h2-4H,1H3,(H,10,11). The highest BCUT2D eigenvalue weighted by atomic mass is 127. The molecule has 0 saturated heterocycles. The number of hydroxylamine groups is 1. The fourth-order valence-corrected chi connectivity index (χ4v) is 1.29. The van der Waals surface area contributed by atoms with Crippen molar-refractivity contribution in [2.24, 2.45) is 0 Å². The van der Waals surface area contributed by atoms with Gasteiger partial charge in [0.15, 0.2) is 0 Å². The Morgan fingerprint density at radius 1 is 1.75 bits per heavy atom. The Kier molecular flexibility index (Phi) is 3.42. The number of hydrogen-bond donors (Lipinski definition) is 1. The predicted octanol–water partition coefficient (Wildman–Crippen LogP) is 0.977. The lowest BCUT2D eigenvalue weighted by molar-refractivity contribution is 0.0536. The van der Waals surface area contributed by atoms with Gasteiger partial charge >= 0.3 is 0 Å². The van der Waals surface area contributed by atoms with Gasteiger partial charge in [0.05, 0.1) is 12.7 Å². The zero-order chi connectivity index (χ0) is 8.97. The lowest BCUT2D eigenvalue weighted by Crippen LogP contribution is -2.22. The summed E-state index contributed by atoms with van der Waals surface area (Å²) in [6.45, 7) is 0. The summed E-state index contributed by atoms with van der Waals surface area (Å²) in [5.41, 5.74) is 2.79. The lowest BCUT2D eigenvalue weighted by atomic mass is 10.3. The minimum Gasteiger partial charge on any atom is -0.277 e. The van der Waals surface area contributed by atoms with Gasteiger partial charge in [-0.05, 0) is 28.7 Å². The summed E-state index contributed by atoms with van der Waals surface area (Å²) in [6, 6.07) is 1.64. The van der Waals surface area contributed by atoms with E-state index in [-0.39, 0.29) is 5.91 Å². The summed E-state index contributed by atoms with van der Waals surface area (Å²) in [5, 5.41) is 0. The van der Waals surface area contributed by atoms with E-state index in [4.69, 9.17) is 0 Å². The van der Waals surface area contributed by atoms with Gasteiger partial charge in [-0.3, -0.25) is 14.6 Å². The molecule has 12 heavy (non-hydrogen) atoms. The van der Waals surface area contributed by atoms with E-state index in [9.17, 15) is 4.79 Å². The second-order valence-corrected chi connectivity index (χ2v) is 3.15. The molecule has 1 aromatic heterocycles. The van der Waals surface area contributed by atoms with E-state index in [1.54, 1.807) is 18.5 Å². The van der Waals surface area contributed by atoms with Crippen molar-refractivity contribution in [3.05, 3.63) is 27.6 Å². The molecule has 0 bridgehead atoms. The Bertz CT molecular complexity index is 290. The number of aromatic nitrogens is 1. The Hall–Kier alpha value is -0.690. The highest BCUT2D eigenvalue weighted by molar-refractivity contribution is 14.1. The van der Waals surface area contributed by atoms with E-state index >= 15 is 0 Å². The van der Waals surface area contributed by atoms with Crippen LogP contribution in [0.2, 0.25) is 0 Å². The van der Waals surface area contributed by atoms with E-state index in [1.165, 1.54) is 7.11 Å². The summed E-state index contributed by atoms with van der Waals surface area (Å²) in [6.07, 6.45) is 3.18. The first-order chi connectivity index (χ1) is 5.75. The number of amides is 1. The molecule has 0 aromatic carbocycles. The zero-order valence-electron chi connectivity index (χ0n) is 6.37. The van der Waals surface area contributed by atoms with Crippen molar-refractivity contribution in [1.29, 1.82) is 0 Å². The summed E-state index contributed by atoms with van der Waals surface area (Å²) in [7, 11) is 1.39. The molecule has 0 aliphatic carbocycles. The molecule has 64 valence electrons. The van der Waals surface area contributed by atoms with Gasteiger partial charge in [0.1, 0.15) is 0 Å². The predicted molar refractivity (Wildman–Crippen MR) is 51.4 cm³/mol. The summed E-state index contributed by atoms with van der Waals surface area (Å²) >= 11 is 2.04. The summed E-state index contributed by atoms with van der Waals surface area (Å²) in [5.74, 6) is -0.260. The molecule has 1 rings (SSSR count). The fourth-order valence-electron chi connectivity index (χ4n) is 0.707. The Morgan fingerprint density at radius 3 is 3.08 bits per heavy atom. The van der Waals surface area contributed by atoms with Crippen LogP contribution < -0.4 is 5.48 Å². The maximum Gasteiger partial charge on any atom is 0.276 e. The smallest absolute Gasteiger partial charge is 0.276 e. The highest BCUT2D eigenvalue weighted by Gasteiger charge is 2.07. The molecule has 1 aromatic rings. The molecule has 0 aliphatic rings. The minimum atomic E-state index is -0.260. The number of nitrogens with zero attached hydrogens (tertiary/aromatic N) is 1. The van der Waals surface area contributed by atoms with Crippen LogP contribution >= 0.6 is 22.6 Å². The molecule has 0 atom stereocenters. The maximum absolute atomic E-state index is 11.2. The summed E-state index contributed by atoms with van der Waals surface area (Å²) < 4.78 is 0.796. The van der Waals surface area contributed by atoms with E-state index in [2.05, 4.69) is 15.3 Å². The normalized spacial score (nSPS) is 9.50. The Morgan fingerprint density at radius 2 is 2.50 bits per heavy atom. The average molecular weight is 278 g/mol. The molecule has 0 spiro atoms. The first-order valence-corrected chi connectivity index (χ1v) is 4.26. The number of carbonyl (C=O) groups excluding carboxylic acids is 1. The molecule has 5 heteroatoms. The van der Waals surface area contributed by atoms with E-state index in [0.29, 0.717) is 5.56 Å². The van der Waals surface area contributed by atoms with Gasteiger partial charge in [-0.1, -0.05) is 0 Å². The minimum absolute atomic E-state index is 0.260. The third-order valence-electron chi connectivity index (χ3n) is 1.21. The van der Waals surface area contributed by atoms with Gasteiger partial charge in [0.25, 0.3) is 5.91 Å². The lowest BCUT2D eigenvalue weighted by Gasteiger charge is -2.02. The zero-order valence-corrected chi connectivity index (χ0v) is 8.53. The molecule has 0 saturated carbocycles. The molecule has 0 aliphatic heterocycles. The summed E-state index contributed by atoms with van der Waals surface area (Å²) in [4.78, 5) is 19.5. The van der Waals surface area contributed by atoms with Crippen molar-refractivity contribution in [2.75, 3.05) is 7.11 Å². The monoisotopic (exact) mass is 278 g/mol. The second-order valence-electron chi connectivity index (χ2n) is 1.99. The van der Waals surface area contributed by atoms with Crippen LogP contribution in [0.25, 0.3) is 0 Å². The number of halogens is 1. The van der Waals surface area contributed by atoms with Crippen LogP contribution in [0.15, 0.2) is 18.5 Å². The molecule has 0 radical (unpaired) electrons. The molecular weight excluding hydrogens is 271 g/mol. The van der Waals surface area contributed by atoms with Gasteiger partial charge in [-0.2, -0.15) is 0 Å². The van der Waals surface area contributed by atoms with Crippen molar-refractivity contribution in [3.8, 4) is 0 Å². The largest absolute Gasteiger partial charge is 0.277 e. The SMILES string of the molecule is CONC(=O)c1ccncc1I. The van der Waals surface area contributed by atoms with Gasteiger partial charge in [-0.15, -0.1) is 0 Å². The van der Waals surface area contributed by atoms with Gasteiger partial charge < -0.3 is 0 Å². The molecule has 0 unspecified atom stereocenters. The van der Waals surface area contributed by atoms with Crippen LogP contribution in [-0.4, -0.2) is 18.0 Å². The van der Waals surface area contributed by atoms with E-state index in [1.807, 2.05) is 22.6 Å². The average Bonchev–Trinajstić information content (AvgIpc) is 2.05. The molecular formula is C7H7IN2O2. The van der Waals surface area contributed by atoms with Crippen molar-refractivity contribution in [1.82, 2.24) is 10.5 Å². The molecule has 4 nitrogen and oxygen atoms in total. The molecule has 1 amide bonds. The molecule has 1 heterocycles. The van der Waals surface area contributed by atoms with Crippen LogP contribution in [0, 0.1) is 3.57 Å². The van der Waals surface area contributed by atoms with Gasteiger partial charge in [0.2, 0.25) is 0 Å². The van der Waals surface area contributed by atoms with Crippen molar-refractivity contribution in [2.45, 2.75) is 0 Å². The van der Waals surface area contributed by atoms with Gasteiger partial charge in [0, 0.05) is 16.0 Å². The van der Waals surface area contributed by atoms with E-state index in [0.717, 1.165) is 3.57 Å². The number of hydrogen-bond acceptors (Lipinski definition) is 3. The number of nitrogens with one attached hydrogen (secondary N) is 1. The molecule has 0 fully saturated rings. The van der Waals surface area contributed by atoms with Crippen molar-refractivity contribution < 1.29 is 9.63 Å². The quantitative estimate of drug-likeness (QED) is 0.648. The highest BCUT2D eigenvalue weighted by Crippen LogP contribution is 2.08. The third-order valence-corrected chi connectivity index (χ3v) is 2.07. The second kappa shape index (κ2) is 4.36. The Labute approximate surface area is 83.4 Å². The number of carbonyl (C=O) groups is 1. The number of pyridine rings is 1. The molecule has 1 N–H and O–H groups in total. The van der Waals surface area contributed by atoms with Crippen LogP contribution in [0.4, 0.5) is 0 Å². The maximum atomic E-state index is 11.2.